The fourth-order valence-electron chi connectivity index (χ4n) is 4.78. The molecule has 9 nitrogen and oxygen atoms in total. The highest BCUT2D eigenvalue weighted by molar-refractivity contribution is 7.89. The van der Waals surface area contributed by atoms with Gasteiger partial charge in [-0.05, 0) is 46.9 Å². The van der Waals surface area contributed by atoms with Gasteiger partial charge >= 0.3 is 0 Å². The van der Waals surface area contributed by atoms with Crippen LogP contribution in [0.4, 0.5) is 0 Å². The number of aromatic nitrogens is 3. The fraction of sp³-hybridized carbons (Fsp3) is 0.321. The summed E-state index contributed by atoms with van der Waals surface area (Å²) in [6.45, 7) is 4.54. The maximum atomic E-state index is 13.7. The van der Waals surface area contributed by atoms with Gasteiger partial charge in [0.1, 0.15) is 24.0 Å². The van der Waals surface area contributed by atoms with Crippen molar-refractivity contribution in [3.05, 3.63) is 95.2 Å². The Balaban J connectivity index is 1.34. The molecular weight excluding hydrogens is 538 g/mol. The monoisotopic (exact) mass is 567 g/mol. The molecule has 1 unspecified atom stereocenters. The van der Waals surface area contributed by atoms with Crippen LogP contribution < -0.4 is 0 Å². The van der Waals surface area contributed by atoms with Crippen molar-refractivity contribution < 1.29 is 17.6 Å². The minimum Gasteiger partial charge on any atom is -0.467 e. The Labute approximate surface area is 233 Å². The average Bonchev–Trinajstić information content (AvgIpc) is 3.57. The molecule has 2 aromatic carbocycles. The number of amides is 1. The number of carbonyl (C=O) groups excluding carboxylic acids is 1. The van der Waals surface area contributed by atoms with E-state index in [2.05, 4.69) is 10.3 Å². The lowest BCUT2D eigenvalue weighted by atomic mass is 10.0. The summed E-state index contributed by atoms with van der Waals surface area (Å²) in [5.74, 6) is 0.117. The summed E-state index contributed by atoms with van der Waals surface area (Å²) < 4.78 is 35.3. The molecule has 2 aromatic heterocycles. The molecule has 204 valence electrons. The third-order valence-electron chi connectivity index (χ3n) is 6.79. The number of sulfonamides is 1. The number of furan rings is 1. The van der Waals surface area contributed by atoms with Crippen molar-refractivity contribution >= 4 is 27.5 Å². The summed E-state index contributed by atoms with van der Waals surface area (Å²) in [6, 6.07) is 18.1. The molecule has 1 fully saturated rings. The summed E-state index contributed by atoms with van der Waals surface area (Å²) in [5, 5.41) is 8.98. The highest BCUT2D eigenvalue weighted by Crippen LogP contribution is 2.27. The topological polar surface area (TPSA) is 102 Å². The zero-order valence-corrected chi connectivity index (χ0v) is 23.3. The first-order chi connectivity index (χ1) is 18.7. The summed E-state index contributed by atoms with van der Waals surface area (Å²) in [6.07, 6.45) is 3.34. The molecule has 1 atom stereocenters. The Bertz CT molecular complexity index is 1520. The molecule has 0 aliphatic carbocycles. The van der Waals surface area contributed by atoms with Gasteiger partial charge in [0.2, 0.25) is 15.9 Å². The van der Waals surface area contributed by atoms with Crippen LogP contribution in [0.2, 0.25) is 5.02 Å². The van der Waals surface area contributed by atoms with Crippen molar-refractivity contribution in [2.75, 3.05) is 12.3 Å². The van der Waals surface area contributed by atoms with E-state index in [4.69, 9.17) is 16.0 Å². The van der Waals surface area contributed by atoms with Gasteiger partial charge in [-0.3, -0.25) is 4.79 Å². The van der Waals surface area contributed by atoms with Crippen molar-refractivity contribution in [2.45, 2.75) is 39.5 Å². The van der Waals surface area contributed by atoms with Gasteiger partial charge in [0.05, 0.1) is 24.8 Å². The van der Waals surface area contributed by atoms with E-state index >= 15 is 0 Å². The van der Waals surface area contributed by atoms with Gasteiger partial charge in [-0.25, -0.2) is 13.1 Å². The molecular formula is C28H30ClN5O4S. The second-order valence-electron chi connectivity index (χ2n) is 10.0. The summed E-state index contributed by atoms with van der Waals surface area (Å²) in [7, 11) is -3.70. The van der Waals surface area contributed by atoms with E-state index < -0.39 is 16.1 Å². The number of halogens is 1. The summed E-state index contributed by atoms with van der Waals surface area (Å²) in [5.41, 5.74) is 3.40. The molecule has 0 bridgehead atoms. The van der Waals surface area contributed by atoms with Crippen molar-refractivity contribution in [1.29, 1.82) is 0 Å². The molecule has 39 heavy (non-hydrogen) atoms. The van der Waals surface area contributed by atoms with E-state index in [1.807, 2.05) is 68.4 Å². The van der Waals surface area contributed by atoms with Gasteiger partial charge in [-0.2, -0.15) is 4.31 Å². The molecule has 11 heteroatoms. The first-order valence-electron chi connectivity index (χ1n) is 12.7. The van der Waals surface area contributed by atoms with Gasteiger partial charge in [-0.1, -0.05) is 67.1 Å². The van der Waals surface area contributed by atoms with Gasteiger partial charge in [0.25, 0.3) is 0 Å². The van der Waals surface area contributed by atoms with Crippen LogP contribution in [0.3, 0.4) is 0 Å². The zero-order chi connectivity index (χ0) is 27.6. The maximum absolute atomic E-state index is 13.7. The number of benzene rings is 2. The van der Waals surface area contributed by atoms with Crippen molar-refractivity contribution in [3.63, 3.8) is 0 Å². The molecule has 1 amide bonds. The second kappa shape index (κ2) is 11.3. The van der Waals surface area contributed by atoms with Crippen LogP contribution in [0.15, 0.2) is 77.5 Å². The normalized spacial score (nSPS) is 18.0. The highest BCUT2D eigenvalue weighted by atomic mass is 35.5. The quantitative estimate of drug-likeness (QED) is 0.312. The standard InChI is InChI=1S/C28H30ClN5O4S/c1-20(2)27-28(35)32(17-25-18-33(31-30-25)19-26-4-3-14-38-26)13-15-39(36,37)34(27)16-21-5-7-22(8-6-21)23-9-11-24(29)12-10-23/h3-12,14,18,20,27H,13,15-17,19H2,1-2H3. The lowest BCUT2D eigenvalue weighted by Crippen LogP contribution is -2.49. The first-order valence-corrected chi connectivity index (χ1v) is 14.7. The first kappa shape index (κ1) is 27.1. The zero-order valence-electron chi connectivity index (χ0n) is 21.8. The largest absolute Gasteiger partial charge is 0.467 e. The predicted molar refractivity (Wildman–Crippen MR) is 148 cm³/mol. The van der Waals surface area contributed by atoms with E-state index in [1.165, 1.54) is 4.31 Å². The average molecular weight is 568 g/mol. The Morgan fingerprint density at radius 1 is 1.00 bits per heavy atom. The number of hydrogen-bond donors (Lipinski definition) is 0. The van der Waals surface area contributed by atoms with Crippen LogP contribution in [0, 0.1) is 5.92 Å². The maximum Gasteiger partial charge on any atom is 0.241 e. The summed E-state index contributed by atoms with van der Waals surface area (Å²) >= 11 is 6.00. The number of nitrogens with zero attached hydrogens (tertiary/aromatic N) is 5. The third-order valence-corrected chi connectivity index (χ3v) is 8.81. The van der Waals surface area contributed by atoms with E-state index in [0.717, 1.165) is 22.5 Å². The van der Waals surface area contributed by atoms with Crippen molar-refractivity contribution in [1.82, 2.24) is 24.2 Å². The van der Waals surface area contributed by atoms with Gasteiger partial charge < -0.3 is 9.32 Å². The molecule has 5 rings (SSSR count). The van der Waals surface area contributed by atoms with E-state index in [9.17, 15) is 13.2 Å². The van der Waals surface area contributed by atoms with E-state index in [-0.39, 0.29) is 37.2 Å². The third kappa shape index (κ3) is 6.24. The number of rotatable bonds is 8. The molecule has 0 saturated carbocycles. The van der Waals surface area contributed by atoms with Crippen LogP contribution in [0.1, 0.15) is 30.9 Å². The Morgan fingerprint density at radius 2 is 1.69 bits per heavy atom. The molecule has 3 heterocycles. The molecule has 1 saturated heterocycles. The minimum absolute atomic E-state index is 0.0848. The van der Waals surface area contributed by atoms with Crippen molar-refractivity contribution in [3.8, 4) is 11.1 Å². The Hall–Kier alpha value is -3.47. The van der Waals surface area contributed by atoms with Crippen LogP contribution in [0.25, 0.3) is 11.1 Å². The smallest absolute Gasteiger partial charge is 0.241 e. The fourth-order valence-corrected chi connectivity index (χ4v) is 6.62. The Morgan fingerprint density at radius 3 is 2.33 bits per heavy atom. The predicted octanol–water partition coefficient (Wildman–Crippen LogP) is 4.44. The van der Waals surface area contributed by atoms with Crippen LogP contribution in [-0.4, -0.2) is 56.9 Å². The number of carbonyl (C=O) groups is 1. The molecule has 4 aromatic rings. The number of hydrogen-bond acceptors (Lipinski definition) is 6. The van der Waals surface area contributed by atoms with Crippen LogP contribution >= 0.6 is 11.6 Å². The second-order valence-corrected chi connectivity index (χ2v) is 12.5. The van der Waals surface area contributed by atoms with Crippen LogP contribution in [-0.2, 0) is 34.5 Å². The van der Waals surface area contributed by atoms with Gasteiger partial charge in [0.15, 0.2) is 0 Å². The summed E-state index contributed by atoms with van der Waals surface area (Å²) in [4.78, 5) is 15.3. The van der Waals surface area contributed by atoms with Crippen LogP contribution in [0.5, 0.6) is 0 Å². The van der Waals surface area contributed by atoms with E-state index in [1.54, 1.807) is 28.1 Å². The molecule has 0 radical (unpaired) electrons. The van der Waals surface area contributed by atoms with E-state index in [0.29, 0.717) is 17.3 Å². The molecule has 1 aliphatic rings. The van der Waals surface area contributed by atoms with Gasteiger partial charge in [0, 0.05) is 18.1 Å². The molecule has 0 N–H and O–H groups in total. The van der Waals surface area contributed by atoms with Gasteiger partial charge in [-0.15, -0.1) is 5.10 Å². The van der Waals surface area contributed by atoms with Crippen molar-refractivity contribution in [2.24, 2.45) is 5.92 Å². The Kier molecular flexibility index (Phi) is 7.88. The lowest BCUT2D eigenvalue weighted by molar-refractivity contribution is -0.136. The SMILES string of the molecule is CC(C)C1C(=O)N(Cc2cn(Cc3ccco3)nn2)CCS(=O)(=O)N1Cc1ccc(-c2ccc(Cl)cc2)cc1. The lowest BCUT2D eigenvalue weighted by Gasteiger charge is -2.32. The molecule has 1 aliphatic heterocycles. The minimum atomic E-state index is -3.70. The highest BCUT2D eigenvalue weighted by Gasteiger charge is 2.42. The molecule has 0 spiro atoms.